The minimum atomic E-state index is 0.938. The minimum absolute atomic E-state index is 0.938. The lowest BCUT2D eigenvalue weighted by molar-refractivity contribution is 0.820. The number of para-hydroxylation sites is 1. The molecule has 0 aliphatic rings. The summed E-state index contributed by atoms with van der Waals surface area (Å²) in [5.74, 6) is 0. The van der Waals surface area contributed by atoms with Gasteiger partial charge in [-0.1, -0.05) is 18.2 Å². The highest BCUT2D eigenvalue weighted by atomic mass is 32.1. The van der Waals surface area contributed by atoms with Crippen LogP contribution in [-0.2, 0) is 13.0 Å². The van der Waals surface area contributed by atoms with Crippen LogP contribution in [0.5, 0.6) is 0 Å². The Balaban J connectivity index is 1.92. The number of nitrogens with zero attached hydrogens (tertiary/aromatic N) is 1. The Morgan fingerprint density at radius 1 is 1.21 bits per heavy atom. The second-order valence-electron chi connectivity index (χ2n) is 4.62. The van der Waals surface area contributed by atoms with Crippen molar-refractivity contribution in [3.8, 4) is 0 Å². The molecule has 0 radical (unpaired) electrons. The molecule has 0 fully saturated rings. The summed E-state index contributed by atoms with van der Waals surface area (Å²) in [5.41, 5.74) is 3.79. The third-order valence-electron chi connectivity index (χ3n) is 3.19. The predicted octanol–water partition coefficient (Wildman–Crippen LogP) is 3.61. The molecule has 0 saturated heterocycles. The summed E-state index contributed by atoms with van der Waals surface area (Å²) in [4.78, 5) is 5.82. The number of hydrogen-bond donors (Lipinski definition) is 1. The van der Waals surface area contributed by atoms with E-state index in [0.29, 0.717) is 0 Å². The van der Waals surface area contributed by atoms with E-state index in [2.05, 4.69) is 46.0 Å². The molecule has 0 spiro atoms. The first-order valence-electron chi connectivity index (χ1n) is 6.40. The quantitative estimate of drug-likeness (QED) is 0.782. The molecule has 2 aromatic heterocycles. The van der Waals surface area contributed by atoms with Gasteiger partial charge in [-0.3, -0.25) is 4.98 Å². The summed E-state index contributed by atoms with van der Waals surface area (Å²) >= 11 is 1.83. The molecular formula is C16H16N2S. The number of rotatable bonds is 4. The molecule has 0 saturated carbocycles. The van der Waals surface area contributed by atoms with E-state index in [-0.39, 0.29) is 0 Å². The smallest absolute Gasteiger partial charge is 0.0704 e. The zero-order valence-electron chi connectivity index (χ0n) is 10.9. The Kier molecular flexibility index (Phi) is 3.58. The number of hydrogen-bond acceptors (Lipinski definition) is 3. The van der Waals surface area contributed by atoms with E-state index in [1.807, 2.05) is 30.6 Å². The molecule has 0 bridgehead atoms. The highest BCUT2D eigenvalue weighted by Gasteiger charge is 2.05. The van der Waals surface area contributed by atoms with Crippen LogP contribution in [0.4, 0.5) is 0 Å². The van der Waals surface area contributed by atoms with Gasteiger partial charge in [0.05, 0.1) is 5.52 Å². The van der Waals surface area contributed by atoms with Crippen LogP contribution in [-0.4, -0.2) is 12.0 Å². The summed E-state index contributed by atoms with van der Waals surface area (Å²) in [6.45, 7) is 0.938. The van der Waals surface area contributed by atoms with Gasteiger partial charge in [-0.2, -0.15) is 0 Å². The maximum atomic E-state index is 4.41. The highest BCUT2D eigenvalue weighted by Crippen LogP contribution is 2.23. The average molecular weight is 268 g/mol. The highest BCUT2D eigenvalue weighted by molar-refractivity contribution is 7.10. The first-order valence-corrected chi connectivity index (χ1v) is 7.28. The first kappa shape index (κ1) is 12.3. The fourth-order valence-corrected chi connectivity index (χ4v) is 3.23. The van der Waals surface area contributed by atoms with Crippen molar-refractivity contribution < 1.29 is 0 Å². The van der Waals surface area contributed by atoms with Gasteiger partial charge in [-0.15, -0.1) is 11.3 Å². The Hall–Kier alpha value is -1.71. The van der Waals surface area contributed by atoms with Gasteiger partial charge >= 0.3 is 0 Å². The van der Waals surface area contributed by atoms with E-state index in [4.69, 9.17) is 0 Å². The largest absolute Gasteiger partial charge is 0.316 e. The van der Waals surface area contributed by atoms with E-state index >= 15 is 0 Å². The molecule has 19 heavy (non-hydrogen) atoms. The Morgan fingerprint density at radius 3 is 3.00 bits per heavy atom. The summed E-state index contributed by atoms with van der Waals surface area (Å²) in [5, 5.41) is 6.68. The van der Waals surface area contributed by atoms with Gasteiger partial charge in [0.2, 0.25) is 0 Å². The first-order chi connectivity index (χ1) is 9.36. The molecule has 1 aromatic carbocycles. The average Bonchev–Trinajstić information content (AvgIpc) is 2.87. The molecule has 0 amide bonds. The van der Waals surface area contributed by atoms with E-state index in [1.165, 1.54) is 21.4 Å². The van der Waals surface area contributed by atoms with Gasteiger partial charge in [0, 0.05) is 29.4 Å². The van der Waals surface area contributed by atoms with Crippen LogP contribution >= 0.6 is 11.3 Å². The maximum absolute atomic E-state index is 4.41. The zero-order chi connectivity index (χ0) is 13.1. The number of fused-ring (bicyclic) bond motifs is 1. The minimum Gasteiger partial charge on any atom is -0.316 e. The van der Waals surface area contributed by atoms with Crippen LogP contribution in [0.25, 0.3) is 10.9 Å². The Bertz CT molecular complexity index is 683. The number of pyridine rings is 1. The van der Waals surface area contributed by atoms with Gasteiger partial charge in [0.1, 0.15) is 0 Å². The molecule has 3 rings (SSSR count). The lowest BCUT2D eigenvalue weighted by Gasteiger charge is -2.04. The standard InChI is InChI=1S/C16H16N2S/c1-17-10-12-8-14(19-11-12)9-13-6-7-18-16-5-3-2-4-15(13)16/h2-8,11,17H,9-10H2,1H3. The van der Waals surface area contributed by atoms with Gasteiger partial charge in [0.25, 0.3) is 0 Å². The van der Waals surface area contributed by atoms with Crippen molar-refractivity contribution in [2.75, 3.05) is 7.05 Å². The van der Waals surface area contributed by atoms with Crippen molar-refractivity contribution in [3.63, 3.8) is 0 Å². The maximum Gasteiger partial charge on any atom is 0.0704 e. The Morgan fingerprint density at radius 2 is 2.11 bits per heavy atom. The van der Waals surface area contributed by atoms with Crippen molar-refractivity contribution in [1.82, 2.24) is 10.3 Å². The summed E-state index contributed by atoms with van der Waals surface area (Å²) < 4.78 is 0. The van der Waals surface area contributed by atoms with Crippen LogP contribution in [0.3, 0.4) is 0 Å². The van der Waals surface area contributed by atoms with Crippen LogP contribution in [0.15, 0.2) is 48.0 Å². The van der Waals surface area contributed by atoms with Gasteiger partial charge in [-0.05, 0) is 41.8 Å². The molecule has 0 unspecified atom stereocenters. The second-order valence-corrected chi connectivity index (χ2v) is 5.61. The predicted molar refractivity (Wildman–Crippen MR) is 81.6 cm³/mol. The normalized spacial score (nSPS) is 11.0. The molecule has 3 aromatic rings. The molecular weight excluding hydrogens is 252 g/mol. The van der Waals surface area contributed by atoms with Crippen molar-refractivity contribution in [1.29, 1.82) is 0 Å². The molecule has 2 heterocycles. The van der Waals surface area contributed by atoms with E-state index in [0.717, 1.165) is 18.5 Å². The van der Waals surface area contributed by atoms with Gasteiger partial charge < -0.3 is 5.32 Å². The van der Waals surface area contributed by atoms with E-state index < -0.39 is 0 Å². The third kappa shape index (κ3) is 2.67. The third-order valence-corrected chi connectivity index (χ3v) is 4.18. The van der Waals surface area contributed by atoms with Crippen LogP contribution in [0, 0.1) is 0 Å². The van der Waals surface area contributed by atoms with Crippen LogP contribution < -0.4 is 5.32 Å². The van der Waals surface area contributed by atoms with Gasteiger partial charge in [-0.25, -0.2) is 0 Å². The molecule has 0 aliphatic heterocycles. The summed E-state index contributed by atoms with van der Waals surface area (Å²) in [6.07, 6.45) is 2.89. The van der Waals surface area contributed by atoms with E-state index in [1.54, 1.807) is 0 Å². The summed E-state index contributed by atoms with van der Waals surface area (Å²) in [6, 6.07) is 12.7. The SMILES string of the molecule is CNCc1csc(Cc2ccnc3ccccc23)c1. The molecule has 3 heteroatoms. The lowest BCUT2D eigenvalue weighted by Crippen LogP contribution is -2.03. The zero-order valence-corrected chi connectivity index (χ0v) is 11.7. The van der Waals surface area contributed by atoms with E-state index in [9.17, 15) is 0 Å². The number of thiophene rings is 1. The number of nitrogens with one attached hydrogen (secondary N) is 1. The molecule has 1 N–H and O–H groups in total. The van der Waals surface area contributed by atoms with Crippen LogP contribution in [0.2, 0.25) is 0 Å². The van der Waals surface area contributed by atoms with Crippen molar-refractivity contribution in [2.45, 2.75) is 13.0 Å². The topological polar surface area (TPSA) is 24.9 Å². The van der Waals surface area contributed by atoms with Crippen molar-refractivity contribution in [3.05, 3.63) is 64.0 Å². The van der Waals surface area contributed by atoms with Gasteiger partial charge in [0.15, 0.2) is 0 Å². The molecule has 0 atom stereocenters. The molecule has 96 valence electrons. The summed E-state index contributed by atoms with van der Waals surface area (Å²) in [7, 11) is 1.98. The molecule has 2 nitrogen and oxygen atoms in total. The monoisotopic (exact) mass is 268 g/mol. The van der Waals surface area contributed by atoms with Crippen LogP contribution in [0.1, 0.15) is 16.0 Å². The lowest BCUT2D eigenvalue weighted by atomic mass is 10.1. The fraction of sp³-hybridized carbons (Fsp3) is 0.188. The number of aromatic nitrogens is 1. The Labute approximate surface area is 117 Å². The second kappa shape index (κ2) is 5.51. The molecule has 0 aliphatic carbocycles. The fourth-order valence-electron chi connectivity index (χ4n) is 2.31. The van der Waals surface area contributed by atoms with Crippen molar-refractivity contribution in [2.24, 2.45) is 0 Å². The van der Waals surface area contributed by atoms with Crippen molar-refractivity contribution >= 4 is 22.2 Å². The number of benzene rings is 1.